The molecule has 0 spiro atoms. The first-order chi connectivity index (χ1) is 7.27. The normalized spacial score (nSPS) is 11.1. The standard InChI is InChI=1S/C11H14ClN3/c1-2-15-10(6-7-13)11-8(12)4-3-5-9(11)14-15/h3-5H,2,6-7,13H2,1H3. The SMILES string of the molecule is CCn1nc2cccc(Cl)c2c1CCN. The van der Waals surface area contributed by atoms with Gasteiger partial charge in [-0.1, -0.05) is 17.7 Å². The predicted octanol–water partition coefficient (Wildman–Crippen LogP) is 2.21. The summed E-state index contributed by atoms with van der Waals surface area (Å²) >= 11 is 6.17. The van der Waals surface area contributed by atoms with Gasteiger partial charge in [0.15, 0.2) is 0 Å². The van der Waals surface area contributed by atoms with Crippen LogP contribution in [0.25, 0.3) is 10.9 Å². The van der Waals surface area contributed by atoms with Crippen molar-refractivity contribution in [3.63, 3.8) is 0 Å². The summed E-state index contributed by atoms with van der Waals surface area (Å²) in [5.41, 5.74) is 7.69. The maximum absolute atomic E-state index is 6.17. The van der Waals surface area contributed by atoms with Gasteiger partial charge in [-0.2, -0.15) is 5.10 Å². The zero-order valence-electron chi connectivity index (χ0n) is 8.70. The Morgan fingerprint density at radius 3 is 2.93 bits per heavy atom. The third kappa shape index (κ3) is 1.73. The molecule has 0 atom stereocenters. The number of fused-ring (bicyclic) bond motifs is 1. The molecule has 0 aliphatic rings. The van der Waals surface area contributed by atoms with Crippen LogP contribution in [-0.2, 0) is 13.0 Å². The minimum Gasteiger partial charge on any atom is -0.330 e. The number of benzene rings is 1. The molecule has 0 saturated heterocycles. The molecule has 0 bridgehead atoms. The van der Waals surface area contributed by atoms with Crippen LogP contribution in [0.3, 0.4) is 0 Å². The fourth-order valence-corrected chi connectivity index (χ4v) is 2.13. The summed E-state index contributed by atoms with van der Waals surface area (Å²) in [5.74, 6) is 0. The third-order valence-electron chi connectivity index (χ3n) is 2.50. The van der Waals surface area contributed by atoms with Crippen LogP contribution in [0.4, 0.5) is 0 Å². The van der Waals surface area contributed by atoms with E-state index >= 15 is 0 Å². The van der Waals surface area contributed by atoms with Crippen LogP contribution in [0.2, 0.25) is 5.02 Å². The Labute approximate surface area is 93.8 Å². The number of halogens is 1. The average molecular weight is 224 g/mol. The number of hydrogen-bond acceptors (Lipinski definition) is 2. The van der Waals surface area contributed by atoms with E-state index in [1.165, 1.54) is 0 Å². The van der Waals surface area contributed by atoms with Gasteiger partial charge in [0.05, 0.1) is 10.5 Å². The van der Waals surface area contributed by atoms with Gasteiger partial charge in [0.25, 0.3) is 0 Å². The maximum Gasteiger partial charge on any atom is 0.0941 e. The molecule has 0 saturated carbocycles. The van der Waals surface area contributed by atoms with Crippen molar-refractivity contribution in [2.75, 3.05) is 6.54 Å². The van der Waals surface area contributed by atoms with Gasteiger partial charge in [-0.3, -0.25) is 4.68 Å². The smallest absolute Gasteiger partial charge is 0.0941 e. The molecule has 2 rings (SSSR count). The summed E-state index contributed by atoms with van der Waals surface area (Å²) in [6, 6.07) is 5.79. The molecule has 0 fully saturated rings. The van der Waals surface area contributed by atoms with Gasteiger partial charge in [0.2, 0.25) is 0 Å². The number of nitrogens with zero attached hydrogens (tertiary/aromatic N) is 2. The van der Waals surface area contributed by atoms with Crippen LogP contribution in [0.15, 0.2) is 18.2 Å². The molecule has 2 aromatic rings. The molecule has 0 radical (unpaired) electrons. The molecule has 1 aromatic carbocycles. The summed E-state index contributed by atoms with van der Waals surface area (Å²) in [5, 5.41) is 6.29. The molecule has 1 aromatic heterocycles. The molecule has 80 valence electrons. The molecule has 0 aliphatic heterocycles. The van der Waals surface area contributed by atoms with Crippen molar-refractivity contribution >= 4 is 22.5 Å². The summed E-state index contributed by atoms with van der Waals surface area (Å²) in [6.45, 7) is 3.53. The minimum absolute atomic E-state index is 0.617. The molecule has 1 heterocycles. The van der Waals surface area contributed by atoms with E-state index in [4.69, 9.17) is 17.3 Å². The van der Waals surface area contributed by atoms with Gasteiger partial charge in [-0.05, 0) is 25.6 Å². The highest BCUT2D eigenvalue weighted by Gasteiger charge is 2.11. The first-order valence-corrected chi connectivity index (χ1v) is 5.49. The van der Waals surface area contributed by atoms with Crippen molar-refractivity contribution in [2.45, 2.75) is 19.9 Å². The zero-order chi connectivity index (χ0) is 10.8. The van der Waals surface area contributed by atoms with Crippen molar-refractivity contribution in [1.29, 1.82) is 0 Å². The van der Waals surface area contributed by atoms with Crippen molar-refractivity contribution in [3.8, 4) is 0 Å². The number of hydrogen-bond donors (Lipinski definition) is 1. The molecule has 2 N–H and O–H groups in total. The van der Waals surface area contributed by atoms with E-state index in [0.717, 1.165) is 34.6 Å². The first kappa shape index (κ1) is 10.5. The largest absolute Gasteiger partial charge is 0.330 e. The minimum atomic E-state index is 0.617. The topological polar surface area (TPSA) is 43.8 Å². The van der Waals surface area contributed by atoms with E-state index in [-0.39, 0.29) is 0 Å². The van der Waals surface area contributed by atoms with E-state index in [2.05, 4.69) is 12.0 Å². The quantitative estimate of drug-likeness (QED) is 0.867. The van der Waals surface area contributed by atoms with Crippen molar-refractivity contribution in [1.82, 2.24) is 9.78 Å². The Bertz CT molecular complexity index is 476. The molecular weight excluding hydrogens is 210 g/mol. The zero-order valence-corrected chi connectivity index (χ0v) is 9.46. The Kier molecular flexibility index (Phi) is 2.93. The first-order valence-electron chi connectivity index (χ1n) is 5.12. The maximum atomic E-state index is 6.17. The highest BCUT2D eigenvalue weighted by molar-refractivity contribution is 6.35. The Balaban J connectivity index is 2.70. The van der Waals surface area contributed by atoms with Gasteiger partial charge in [-0.25, -0.2) is 0 Å². The number of aromatic nitrogens is 2. The second-order valence-corrected chi connectivity index (χ2v) is 3.84. The molecule has 0 aliphatic carbocycles. The van der Waals surface area contributed by atoms with E-state index in [1.54, 1.807) is 0 Å². The monoisotopic (exact) mass is 223 g/mol. The van der Waals surface area contributed by atoms with Crippen molar-refractivity contribution < 1.29 is 0 Å². The molecule has 15 heavy (non-hydrogen) atoms. The Morgan fingerprint density at radius 2 is 2.27 bits per heavy atom. The summed E-state index contributed by atoms with van der Waals surface area (Å²) in [6.07, 6.45) is 0.814. The molecule has 0 unspecified atom stereocenters. The van der Waals surface area contributed by atoms with Crippen LogP contribution in [0, 0.1) is 0 Å². The van der Waals surface area contributed by atoms with Crippen LogP contribution in [0.5, 0.6) is 0 Å². The lowest BCUT2D eigenvalue weighted by Gasteiger charge is -2.03. The lowest BCUT2D eigenvalue weighted by Crippen LogP contribution is -2.09. The highest BCUT2D eigenvalue weighted by atomic mass is 35.5. The summed E-state index contributed by atoms with van der Waals surface area (Å²) in [4.78, 5) is 0. The van der Waals surface area contributed by atoms with E-state index in [9.17, 15) is 0 Å². The molecule has 4 heteroatoms. The van der Waals surface area contributed by atoms with Crippen LogP contribution < -0.4 is 5.73 Å². The lowest BCUT2D eigenvalue weighted by atomic mass is 10.1. The fraction of sp³-hybridized carbons (Fsp3) is 0.364. The number of aryl methyl sites for hydroxylation is 1. The number of rotatable bonds is 3. The van der Waals surface area contributed by atoms with Crippen LogP contribution in [0.1, 0.15) is 12.6 Å². The van der Waals surface area contributed by atoms with Crippen molar-refractivity contribution in [3.05, 3.63) is 28.9 Å². The van der Waals surface area contributed by atoms with E-state index < -0.39 is 0 Å². The summed E-state index contributed by atoms with van der Waals surface area (Å²) < 4.78 is 1.98. The van der Waals surface area contributed by atoms with Crippen LogP contribution >= 0.6 is 11.6 Å². The summed E-state index contributed by atoms with van der Waals surface area (Å²) in [7, 11) is 0. The van der Waals surface area contributed by atoms with Gasteiger partial charge in [0, 0.05) is 24.0 Å². The van der Waals surface area contributed by atoms with Gasteiger partial charge in [-0.15, -0.1) is 0 Å². The molecular formula is C11H14ClN3. The van der Waals surface area contributed by atoms with Crippen LogP contribution in [-0.4, -0.2) is 16.3 Å². The average Bonchev–Trinajstić information content (AvgIpc) is 2.58. The Morgan fingerprint density at radius 1 is 1.47 bits per heavy atom. The van der Waals surface area contributed by atoms with Gasteiger partial charge in [0.1, 0.15) is 0 Å². The van der Waals surface area contributed by atoms with Gasteiger partial charge < -0.3 is 5.73 Å². The van der Waals surface area contributed by atoms with E-state index in [0.29, 0.717) is 6.54 Å². The van der Waals surface area contributed by atoms with Crippen molar-refractivity contribution in [2.24, 2.45) is 5.73 Å². The third-order valence-corrected chi connectivity index (χ3v) is 2.82. The Hall–Kier alpha value is -1.06. The second kappa shape index (κ2) is 4.21. The highest BCUT2D eigenvalue weighted by Crippen LogP contribution is 2.26. The second-order valence-electron chi connectivity index (χ2n) is 3.44. The number of nitrogens with two attached hydrogens (primary N) is 1. The molecule has 3 nitrogen and oxygen atoms in total. The lowest BCUT2D eigenvalue weighted by molar-refractivity contribution is 0.628. The molecule has 0 amide bonds. The van der Waals surface area contributed by atoms with Gasteiger partial charge >= 0.3 is 0 Å². The van der Waals surface area contributed by atoms with E-state index in [1.807, 2.05) is 22.9 Å². The fourth-order valence-electron chi connectivity index (χ4n) is 1.85. The predicted molar refractivity (Wildman–Crippen MR) is 63.2 cm³/mol.